The van der Waals surface area contributed by atoms with Gasteiger partial charge in [-0.1, -0.05) is 0 Å². The maximum atomic E-state index is 11.4. The predicted octanol–water partition coefficient (Wildman–Crippen LogP) is 2.47. The lowest BCUT2D eigenvalue weighted by Crippen LogP contribution is -2.03. The number of ether oxygens (including phenoxy) is 1. The first kappa shape index (κ1) is 11.3. The molecule has 15 heavy (non-hydrogen) atoms. The molecule has 3 nitrogen and oxygen atoms in total. The number of hydrogen-bond acceptors (Lipinski definition) is 3. The largest absolute Gasteiger partial charge is 0.492 e. The molecule has 3 heteroatoms. The van der Waals surface area contributed by atoms with Gasteiger partial charge in [0.15, 0.2) is 5.78 Å². The predicted molar refractivity (Wildman–Crippen MR) is 57.1 cm³/mol. The summed E-state index contributed by atoms with van der Waals surface area (Å²) in [6, 6.07) is 5.50. The van der Waals surface area contributed by atoms with Gasteiger partial charge in [-0.05, 0) is 38.5 Å². The maximum Gasteiger partial charge on any atom is 0.163 e. The van der Waals surface area contributed by atoms with E-state index in [9.17, 15) is 4.79 Å². The van der Waals surface area contributed by atoms with Gasteiger partial charge in [0, 0.05) is 0 Å². The summed E-state index contributed by atoms with van der Waals surface area (Å²) in [6.07, 6.45) is 0. The Balaban J connectivity index is 3.41. The van der Waals surface area contributed by atoms with E-state index in [4.69, 9.17) is 10.00 Å². The van der Waals surface area contributed by atoms with Crippen LogP contribution in [0.15, 0.2) is 12.1 Å². The summed E-state index contributed by atoms with van der Waals surface area (Å²) >= 11 is 0. The Hall–Kier alpha value is -1.82. The first-order valence-corrected chi connectivity index (χ1v) is 4.78. The van der Waals surface area contributed by atoms with E-state index in [1.54, 1.807) is 12.1 Å². The fourth-order valence-corrected chi connectivity index (χ4v) is 1.42. The molecular weight excluding hydrogens is 190 g/mol. The van der Waals surface area contributed by atoms with Gasteiger partial charge in [-0.2, -0.15) is 5.26 Å². The Kier molecular flexibility index (Phi) is 3.46. The number of carbonyl (C=O) groups is 1. The highest BCUT2D eigenvalue weighted by atomic mass is 16.5. The topological polar surface area (TPSA) is 50.1 Å². The second-order valence-electron chi connectivity index (χ2n) is 3.29. The van der Waals surface area contributed by atoms with Crippen LogP contribution >= 0.6 is 0 Å². The van der Waals surface area contributed by atoms with Crippen LogP contribution in [0, 0.1) is 18.3 Å². The third-order valence-corrected chi connectivity index (χ3v) is 2.02. The Morgan fingerprint density at radius 3 is 2.67 bits per heavy atom. The van der Waals surface area contributed by atoms with Crippen molar-refractivity contribution in [1.82, 2.24) is 0 Å². The number of ketones is 1. The van der Waals surface area contributed by atoms with Crippen molar-refractivity contribution in [2.24, 2.45) is 0 Å². The van der Waals surface area contributed by atoms with E-state index >= 15 is 0 Å². The minimum atomic E-state index is -0.0846. The molecule has 0 aliphatic rings. The molecule has 0 spiro atoms. The minimum absolute atomic E-state index is 0.0846. The van der Waals surface area contributed by atoms with Crippen molar-refractivity contribution >= 4 is 5.78 Å². The number of Topliss-reactive ketones (excluding diaryl/α,β-unsaturated/α-hetero) is 1. The van der Waals surface area contributed by atoms with Crippen LogP contribution in [0.25, 0.3) is 0 Å². The normalized spacial score (nSPS) is 9.47. The molecule has 0 aliphatic carbocycles. The highest BCUT2D eigenvalue weighted by Crippen LogP contribution is 2.25. The molecule has 78 valence electrons. The van der Waals surface area contributed by atoms with E-state index in [-0.39, 0.29) is 5.78 Å². The number of hydrogen-bond donors (Lipinski definition) is 0. The molecule has 0 aliphatic heterocycles. The van der Waals surface area contributed by atoms with Crippen molar-refractivity contribution < 1.29 is 9.53 Å². The quantitative estimate of drug-likeness (QED) is 0.709. The highest BCUT2D eigenvalue weighted by molar-refractivity contribution is 5.97. The molecule has 0 heterocycles. The first-order chi connectivity index (χ1) is 7.10. The van der Waals surface area contributed by atoms with Gasteiger partial charge in [0.25, 0.3) is 0 Å². The Bertz CT molecular complexity index is 430. The molecule has 0 fully saturated rings. The van der Waals surface area contributed by atoms with Gasteiger partial charge in [0.2, 0.25) is 0 Å². The Labute approximate surface area is 89.3 Å². The lowest BCUT2D eigenvalue weighted by molar-refractivity contribution is 0.101. The lowest BCUT2D eigenvalue weighted by Gasteiger charge is -2.10. The third-order valence-electron chi connectivity index (χ3n) is 2.02. The molecule has 0 aromatic heterocycles. The fraction of sp³-hybridized carbons (Fsp3) is 0.333. The van der Waals surface area contributed by atoms with E-state index in [1.165, 1.54) is 6.92 Å². The number of benzene rings is 1. The van der Waals surface area contributed by atoms with Crippen molar-refractivity contribution in [2.75, 3.05) is 6.61 Å². The zero-order valence-electron chi connectivity index (χ0n) is 9.13. The molecule has 0 bridgehead atoms. The third kappa shape index (κ3) is 2.35. The summed E-state index contributed by atoms with van der Waals surface area (Å²) in [5.74, 6) is 0.316. The van der Waals surface area contributed by atoms with Crippen LogP contribution in [0.1, 0.15) is 35.3 Å². The highest BCUT2D eigenvalue weighted by Gasteiger charge is 2.13. The van der Waals surface area contributed by atoms with Crippen LogP contribution in [0.3, 0.4) is 0 Å². The minimum Gasteiger partial charge on any atom is -0.492 e. The maximum absolute atomic E-state index is 11.4. The molecule has 0 saturated heterocycles. The molecular formula is C12H13NO2. The standard InChI is InChI=1S/C12H13NO2/c1-4-15-12-10(7-13)5-8(2)6-11(12)9(3)14/h5-6H,4H2,1-3H3. The SMILES string of the molecule is CCOc1c(C#N)cc(C)cc1C(C)=O. The average molecular weight is 203 g/mol. The zero-order valence-corrected chi connectivity index (χ0v) is 9.13. The molecule has 0 unspecified atom stereocenters. The van der Waals surface area contributed by atoms with E-state index in [0.29, 0.717) is 23.5 Å². The van der Waals surface area contributed by atoms with Crippen LogP contribution in [0.4, 0.5) is 0 Å². The molecule has 0 atom stereocenters. The van der Waals surface area contributed by atoms with Gasteiger partial charge < -0.3 is 4.74 Å². The summed E-state index contributed by atoms with van der Waals surface area (Å²) in [4.78, 5) is 11.4. The van der Waals surface area contributed by atoms with Gasteiger partial charge in [0.05, 0.1) is 17.7 Å². The number of aryl methyl sites for hydroxylation is 1. The zero-order chi connectivity index (χ0) is 11.4. The van der Waals surface area contributed by atoms with Gasteiger partial charge in [0.1, 0.15) is 11.8 Å². The van der Waals surface area contributed by atoms with E-state index in [2.05, 4.69) is 0 Å². The van der Waals surface area contributed by atoms with E-state index in [1.807, 2.05) is 19.9 Å². The second kappa shape index (κ2) is 4.61. The number of carbonyl (C=O) groups excluding carboxylic acids is 1. The molecule has 0 N–H and O–H groups in total. The Morgan fingerprint density at radius 2 is 2.20 bits per heavy atom. The van der Waals surface area contributed by atoms with Gasteiger partial charge in [-0.3, -0.25) is 4.79 Å². The smallest absolute Gasteiger partial charge is 0.163 e. The van der Waals surface area contributed by atoms with Crippen molar-refractivity contribution in [3.63, 3.8) is 0 Å². The molecule has 0 saturated carbocycles. The van der Waals surface area contributed by atoms with Crippen molar-refractivity contribution in [3.05, 3.63) is 28.8 Å². The molecule has 1 aromatic carbocycles. The Morgan fingerprint density at radius 1 is 1.53 bits per heavy atom. The number of rotatable bonds is 3. The van der Waals surface area contributed by atoms with Crippen LogP contribution in [0.5, 0.6) is 5.75 Å². The summed E-state index contributed by atoms with van der Waals surface area (Å²) in [6.45, 7) is 5.59. The number of nitriles is 1. The van der Waals surface area contributed by atoms with Crippen LogP contribution in [-0.2, 0) is 0 Å². The number of nitrogens with zero attached hydrogens (tertiary/aromatic N) is 1. The molecule has 0 amide bonds. The summed E-state index contributed by atoms with van der Waals surface area (Å²) in [5, 5.41) is 8.93. The molecule has 1 aromatic rings. The lowest BCUT2D eigenvalue weighted by atomic mass is 10.0. The van der Waals surface area contributed by atoms with Crippen LogP contribution in [-0.4, -0.2) is 12.4 Å². The van der Waals surface area contributed by atoms with Crippen LogP contribution < -0.4 is 4.74 Å². The molecule has 0 radical (unpaired) electrons. The fourth-order valence-electron chi connectivity index (χ4n) is 1.42. The van der Waals surface area contributed by atoms with Crippen LogP contribution in [0.2, 0.25) is 0 Å². The summed E-state index contributed by atoms with van der Waals surface area (Å²) in [7, 11) is 0. The molecule has 1 rings (SSSR count). The summed E-state index contributed by atoms with van der Waals surface area (Å²) < 4.78 is 5.33. The average Bonchev–Trinajstić information content (AvgIpc) is 2.19. The summed E-state index contributed by atoms with van der Waals surface area (Å²) in [5.41, 5.74) is 1.79. The monoisotopic (exact) mass is 203 g/mol. The van der Waals surface area contributed by atoms with E-state index < -0.39 is 0 Å². The van der Waals surface area contributed by atoms with Crippen molar-refractivity contribution in [3.8, 4) is 11.8 Å². The first-order valence-electron chi connectivity index (χ1n) is 4.78. The van der Waals surface area contributed by atoms with Crippen molar-refractivity contribution in [2.45, 2.75) is 20.8 Å². The van der Waals surface area contributed by atoms with Gasteiger partial charge >= 0.3 is 0 Å². The van der Waals surface area contributed by atoms with E-state index in [0.717, 1.165) is 5.56 Å². The van der Waals surface area contributed by atoms with Crippen molar-refractivity contribution in [1.29, 1.82) is 5.26 Å². The van der Waals surface area contributed by atoms with Gasteiger partial charge in [-0.25, -0.2) is 0 Å². The second-order valence-corrected chi connectivity index (χ2v) is 3.29. The van der Waals surface area contributed by atoms with Gasteiger partial charge in [-0.15, -0.1) is 0 Å².